The van der Waals surface area contributed by atoms with E-state index < -0.39 is 0 Å². The summed E-state index contributed by atoms with van der Waals surface area (Å²) in [6.45, 7) is 5.68. The van der Waals surface area contributed by atoms with Gasteiger partial charge in [-0.3, -0.25) is 9.78 Å². The van der Waals surface area contributed by atoms with E-state index in [1.165, 1.54) is 5.56 Å². The van der Waals surface area contributed by atoms with Gasteiger partial charge in [-0.15, -0.1) is 0 Å². The van der Waals surface area contributed by atoms with Crippen LogP contribution in [0.15, 0.2) is 48.7 Å². The number of hydrogen-bond acceptors (Lipinski definition) is 4. The van der Waals surface area contributed by atoms with Crippen LogP contribution < -0.4 is 10.2 Å². The average Bonchev–Trinajstić information content (AvgIpc) is 2.78. The summed E-state index contributed by atoms with van der Waals surface area (Å²) < 4.78 is 0. The summed E-state index contributed by atoms with van der Waals surface area (Å²) in [5.41, 5.74) is 4.25. The van der Waals surface area contributed by atoms with E-state index >= 15 is 0 Å². The zero-order valence-electron chi connectivity index (χ0n) is 17.7. The number of carbonyl (C=O) groups excluding carboxylic acids is 1. The summed E-state index contributed by atoms with van der Waals surface area (Å²) in [6, 6.07) is 15.8. The van der Waals surface area contributed by atoms with Crippen molar-refractivity contribution in [3.05, 3.63) is 64.8 Å². The van der Waals surface area contributed by atoms with E-state index in [0.717, 1.165) is 35.1 Å². The van der Waals surface area contributed by atoms with Crippen molar-refractivity contribution in [2.75, 3.05) is 23.3 Å². The first-order valence-corrected chi connectivity index (χ1v) is 11.0. The standard InChI is InChI=1S/C25H25ClN4O/c1-16(2)18-4-3-5-21(12-18)29-25(31)17-8-10-30(11-9-17)24-19(14-27)15-28-23-7-6-20(26)13-22(23)24/h3-7,12-13,15-17H,8-11H2,1-2H3,(H,29,31). The Hall–Kier alpha value is -3.10. The molecular formula is C25H25ClN4O. The Morgan fingerprint density at radius 3 is 2.71 bits per heavy atom. The number of fused-ring (bicyclic) bond motifs is 1. The number of aromatic nitrogens is 1. The van der Waals surface area contributed by atoms with E-state index in [-0.39, 0.29) is 11.8 Å². The lowest BCUT2D eigenvalue weighted by atomic mass is 9.94. The molecule has 0 spiro atoms. The number of piperidine rings is 1. The molecule has 1 saturated heterocycles. The monoisotopic (exact) mass is 432 g/mol. The van der Waals surface area contributed by atoms with Crippen LogP contribution in [0, 0.1) is 17.2 Å². The lowest BCUT2D eigenvalue weighted by molar-refractivity contribution is -0.120. The highest BCUT2D eigenvalue weighted by atomic mass is 35.5. The number of halogens is 1. The zero-order valence-corrected chi connectivity index (χ0v) is 18.5. The van der Waals surface area contributed by atoms with Gasteiger partial charge in [0.2, 0.25) is 5.91 Å². The maximum absolute atomic E-state index is 12.9. The minimum absolute atomic E-state index is 0.0545. The van der Waals surface area contributed by atoms with Crippen molar-refractivity contribution in [1.29, 1.82) is 5.26 Å². The lowest BCUT2D eigenvalue weighted by Gasteiger charge is -2.34. The number of nitrogens with one attached hydrogen (secondary N) is 1. The number of carbonyl (C=O) groups is 1. The average molecular weight is 433 g/mol. The van der Waals surface area contributed by atoms with Crippen LogP contribution in [0.1, 0.15) is 43.7 Å². The summed E-state index contributed by atoms with van der Waals surface area (Å²) in [7, 11) is 0. The van der Waals surface area contributed by atoms with Crippen molar-refractivity contribution >= 4 is 39.8 Å². The third-order valence-electron chi connectivity index (χ3n) is 5.92. The number of rotatable bonds is 4. The minimum atomic E-state index is -0.0545. The molecule has 158 valence electrons. The first kappa shape index (κ1) is 21.1. The fourth-order valence-electron chi connectivity index (χ4n) is 4.16. The number of amides is 1. The van der Waals surface area contributed by atoms with Gasteiger partial charge in [0.1, 0.15) is 6.07 Å². The molecule has 0 saturated carbocycles. The number of benzene rings is 2. The van der Waals surface area contributed by atoms with Crippen LogP contribution >= 0.6 is 11.6 Å². The molecule has 4 rings (SSSR count). The molecule has 2 heterocycles. The van der Waals surface area contributed by atoms with Crippen LogP contribution in [0.25, 0.3) is 10.9 Å². The SMILES string of the molecule is CC(C)c1cccc(NC(=O)C2CCN(c3c(C#N)cnc4ccc(Cl)cc34)CC2)c1. The predicted molar refractivity (Wildman–Crippen MR) is 126 cm³/mol. The third kappa shape index (κ3) is 4.50. The molecule has 0 unspecified atom stereocenters. The topological polar surface area (TPSA) is 69.0 Å². The van der Waals surface area contributed by atoms with Gasteiger partial charge < -0.3 is 10.2 Å². The van der Waals surface area contributed by atoms with Crippen LogP contribution in [0.3, 0.4) is 0 Å². The summed E-state index contributed by atoms with van der Waals surface area (Å²) in [4.78, 5) is 19.4. The summed E-state index contributed by atoms with van der Waals surface area (Å²) >= 11 is 6.22. The maximum Gasteiger partial charge on any atom is 0.227 e. The molecule has 31 heavy (non-hydrogen) atoms. The second-order valence-electron chi connectivity index (χ2n) is 8.32. The number of anilines is 2. The van der Waals surface area contributed by atoms with Gasteiger partial charge in [0.05, 0.1) is 16.8 Å². The van der Waals surface area contributed by atoms with Crippen LogP contribution in [0.5, 0.6) is 0 Å². The Morgan fingerprint density at radius 1 is 1.23 bits per heavy atom. The Balaban J connectivity index is 1.49. The molecule has 2 aromatic carbocycles. The molecule has 1 aliphatic heterocycles. The van der Waals surface area contributed by atoms with Gasteiger partial charge in [0, 0.05) is 41.3 Å². The number of nitriles is 1. The molecule has 1 amide bonds. The van der Waals surface area contributed by atoms with Gasteiger partial charge in [0.15, 0.2) is 0 Å². The van der Waals surface area contributed by atoms with Crippen LogP contribution in [0.2, 0.25) is 5.02 Å². The summed E-state index contributed by atoms with van der Waals surface area (Å²) in [5.74, 6) is 0.419. The number of hydrogen-bond donors (Lipinski definition) is 1. The van der Waals surface area contributed by atoms with E-state index in [1.807, 2.05) is 30.3 Å². The Bertz CT molecular complexity index is 1160. The first-order valence-electron chi connectivity index (χ1n) is 10.6. The van der Waals surface area contributed by atoms with E-state index in [4.69, 9.17) is 11.6 Å². The Morgan fingerprint density at radius 2 is 2.00 bits per heavy atom. The quantitative estimate of drug-likeness (QED) is 0.570. The van der Waals surface area contributed by atoms with E-state index in [9.17, 15) is 10.1 Å². The molecule has 1 aromatic heterocycles. The molecule has 5 nitrogen and oxygen atoms in total. The van der Waals surface area contributed by atoms with Crippen molar-refractivity contribution in [2.45, 2.75) is 32.6 Å². The molecule has 1 fully saturated rings. The summed E-state index contributed by atoms with van der Waals surface area (Å²) in [5, 5.41) is 14.2. The van der Waals surface area contributed by atoms with Gasteiger partial charge >= 0.3 is 0 Å². The van der Waals surface area contributed by atoms with Crippen molar-refractivity contribution in [1.82, 2.24) is 4.98 Å². The van der Waals surface area contributed by atoms with Crippen LogP contribution in [-0.2, 0) is 4.79 Å². The van der Waals surface area contributed by atoms with E-state index in [0.29, 0.717) is 29.6 Å². The van der Waals surface area contributed by atoms with Crippen molar-refractivity contribution < 1.29 is 4.79 Å². The maximum atomic E-state index is 12.9. The molecule has 6 heteroatoms. The van der Waals surface area contributed by atoms with Gasteiger partial charge in [-0.2, -0.15) is 5.26 Å². The van der Waals surface area contributed by atoms with Gasteiger partial charge in [0.25, 0.3) is 0 Å². The zero-order chi connectivity index (χ0) is 22.0. The van der Waals surface area contributed by atoms with E-state index in [1.54, 1.807) is 12.3 Å². The smallest absolute Gasteiger partial charge is 0.227 e. The number of pyridine rings is 1. The third-order valence-corrected chi connectivity index (χ3v) is 6.16. The predicted octanol–water partition coefficient (Wildman–Crippen LogP) is 5.74. The fraction of sp³-hybridized carbons (Fsp3) is 0.320. The van der Waals surface area contributed by atoms with E-state index in [2.05, 4.69) is 41.2 Å². The molecule has 1 aliphatic rings. The van der Waals surface area contributed by atoms with Gasteiger partial charge in [-0.25, -0.2) is 0 Å². The summed E-state index contributed by atoms with van der Waals surface area (Å²) in [6.07, 6.45) is 3.07. The normalized spacial score (nSPS) is 14.6. The first-order chi connectivity index (χ1) is 15.0. The van der Waals surface area contributed by atoms with Crippen molar-refractivity contribution in [3.8, 4) is 6.07 Å². The fourth-order valence-corrected chi connectivity index (χ4v) is 4.33. The van der Waals surface area contributed by atoms with Crippen LogP contribution in [0.4, 0.5) is 11.4 Å². The van der Waals surface area contributed by atoms with Crippen molar-refractivity contribution in [3.63, 3.8) is 0 Å². The van der Waals surface area contributed by atoms with Gasteiger partial charge in [-0.1, -0.05) is 37.6 Å². The molecule has 0 radical (unpaired) electrons. The molecule has 0 aliphatic carbocycles. The van der Waals surface area contributed by atoms with Gasteiger partial charge in [-0.05, 0) is 54.7 Å². The molecular weight excluding hydrogens is 408 g/mol. The second kappa shape index (κ2) is 8.95. The highest BCUT2D eigenvalue weighted by molar-refractivity contribution is 6.31. The largest absolute Gasteiger partial charge is 0.370 e. The highest BCUT2D eigenvalue weighted by Gasteiger charge is 2.27. The molecule has 0 bridgehead atoms. The molecule has 0 atom stereocenters. The van der Waals surface area contributed by atoms with Crippen LogP contribution in [-0.4, -0.2) is 24.0 Å². The second-order valence-corrected chi connectivity index (χ2v) is 8.76. The molecule has 1 N–H and O–H groups in total. The molecule has 3 aromatic rings. The Kier molecular flexibility index (Phi) is 6.11. The Labute approximate surface area is 187 Å². The highest BCUT2D eigenvalue weighted by Crippen LogP contribution is 2.34. The number of nitrogens with zero attached hydrogens (tertiary/aromatic N) is 3. The van der Waals surface area contributed by atoms with Crippen molar-refractivity contribution in [2.24, 2.45) is 5.92 Å². The minimum Gasteiger partial charge on any atom is -0.370 e. The lowest BCUT2D eigenvalue weighted by Crippen LogP contribution is -2.38.